The molecule has 12 heteroatoms. The number of amides is 2. The van der Waals surface area contributed by atoms with E-state index in [1.54, 1.807) is 35.8 Å². The predicted octanol–water partition coefficient (Wildman–Crippen LogP) is 3.07. The number of hydrogen-bond acceptors (Lipinski definition) is 7. The zero-order chi connectivity index (χ0) is 29.7. The van der Waals surface area contributed by atoms with Gasteiger partial charge in [-0.3, -0.25) is 28.1 Å². The number of unbranched alkanes of at least 4 members (excludes halogenated alkanes) is 2. The van der Waals surface area contributed by atoms with Crippen LogP contribution in [0.1, 0.15) is 39.0 Å². The summed E-state index contributed by atoms with van der Waals surface area (Å²) in [6.45, 7) is 2.98. The lowest BCUT2D eigenvalue weighted by molar-refractivity contribution is -0.147. The fourth-order valence-electron chi connectivity index (χ4n) is 5.12. The summed E-state index contributed by atoms with van der Waals surface area (Å²) in [5, 5.41) is 0.616. The first-order valence-corrected chi connectivity index (χ1v) is 14.2. The van der Waals surface area contributed by atoms with E-state index >= 15 is 0 Å². The molecular weight excluding hydrogens is 548 g/mol. The van der Waals surface area contributed by atoms with Crippen LogP contribution >= 0.6 is 11.6 Å². The van der Waals surface area contributed by atoms with Gasteiger partial charge >= 0.3 is 5.97 Å². The van der Waals surface area contributed by atoms with Crippen molar-refractivity contribution in [3.05, 3.63) is 51.9 Å². The summed E-state index contributed by atoms with van der Waals surface area (Å²) in [5.41, 5.74) is 1.26. The van der Waals surface area contributed by atoms with Gasteiger partial charge in [0.15, 0.2) is 0 Å². The molecule has 41 heavy (non-hydrogen) atoms. The molecule has 220 valence electrons. The maximum absolute atomic E-state index is 13.6. The van der Waals surface area contributed by atoms with E-state index in [0.717, 1.165) is 31.2 Å². The van der Waals surface area contributed by atoms with Crippen molar-refractivity contribution < 1.29 is 19.1 Å². The number of benzene rings is 1. The minimum absolute atomic E-state index is 0.177. The second-order valence-electron chi connectivity index (χ2n) is 10.4. The van der Waals surface area contributed by atoms with Gasteiger partial charge in [-0.2, -0.15) is 0 Å². The van der Waals surface area contributed by atoms with Crippen molar-refractivity contribution in [1.29, 1.82) is 0 Å². The first kappa shape index (κ1) is 30.1. The molecule has 0 N–H and O–H groups in total. The molecule has 1 saturated heterocycles. The van der Waals surface area contributed by atoms with Crippen molar-refractivity contribution in [2.45, 2.75) is 51.6 Å². The van der Waals surface area contributed by atoms with Crippen molar-refractivity contribution in [3.8, 4) is 11.3 Å². The minimum Gasteiger partial charge on any atom is -0.468 e. The van der Waals surface area contributed by atoms with Crippen LogP contribution in [-0.2, 0) is 25.7 Å². The molecule has 1 atom stereocenters. The average molecular weight is 585 g/mol. The largest absolute Gasteiger partial charge is 0.468 e. The number of carbonyl (C=O) groups excluding carboxylic acids is 3. The van der Waals surface area contributed by atoms with Crippen LogP contribution in [0, 0.1) is 0 Å². The van der Waals surface area contributed by atoms with Crippen LogP contribution in [0.25, 0.3) is 17.0 Å². The van der Waals surface area contributed by atoms with E-state index in [4.69, 9.17) is 16.6 Å². The Labute approximate surface area is 244 Å². The number of methoxy groups -OCH3 is 1. The summed E-state index contributed by atoms with van der Waals surface area (Å²) < 4.78 is 8.20. The van der Waals surface area contributed by atoms with E-state index in [9.17, 15) is 19.2 Å². The van der Waals surface area contributed by atoms with Crippen molar-refractivity contribution in [3.63, 3.8) is 0 Å². The molecule has 3 aromatic rings. The van der Waals surface area contributed by atoms with Gasteiger partial charge in [-0.05, 0) is 31.4 Å². The van der Waals surface area contributed by atoms with E-state index in [-0.39, 0.29) is 30.5 Å². The van der Waals surface area contributed by atoms with Crippen LogP contribution in [-0.4, -0.2) is 88.4 Å². The molecule has 1 aliphatic heterocycles. The molecule has 1 aliphatic rings. The number of anilines is 1. The van der Waals surface area contributed by atoms with Gasteiger partial charge in [0.1, 0.15) is 18.4 Å². The van der Waals surface area contributed by atoms with Gasteiger partial charge in [-0.15, -0.1) is 0 Å². The van der Waals surface area contributed by atoms with Gasteiger partial charge in [0.05, 0.1) is 19.3 Å². The highest BCUT2D eigenvalue weighted by atomic mass is 35.5. The van der Waals surface area contributed by atoms with Gasteiger partial charge in [0.25, 0.3) is 5.56 Å². The first-order chi connectivity index (χ1) is 19.6. The molecule has 0 aliphatic carbocycles. The van der Waals surface area contributed by atoms with E-state index in [0.29, 0.717) is 41.8 Å². The molecule has 1 aromatic carbocycles. The first-order valence-electron chi connectivity index (χ1n) is 13.9. The second kappa shape index (κ2) is 13.2. The molecule has 0 spiro atoms. The van der Waals surface area contributed by atoms with Crippen LogP contribution in [0.2, 0.25) is 5.02 Å². The van der Waals surface area contributed by atoms with Crippen LogP contribution in [0.5, 0.6) is 0 Å². The number of likely N-dealkylation sites (N-methyl/N-ethyl adjacent to an activating group) is 2. The molecule has 2 aromatic heterocycles. The van der Waals surface area contributed by atoms with Crippen LogP contribution < -0.4 is 10.5 Å². The SMILES string of the molecule is CCCCCn1c(N2CCC[C@H]2C(=O)N(C)CC(=O)N(C)CC(=O)OC)cc(=O)n2cc(-c3ccc(Cl)cc3)nc12. The highest BCUT2D eigenvalue weighted by Gasteiger charge is 2.35. The number of fused-ring (bicyclic) bond motifs is 1. The zero-order valence-corrected chi connectivity index (χ0v) is 24.8. The van der Waals surface area contributed by atoms with Crippen molar-refractivity contribution in [1.82, 2.24) is 23.8 Å². The number of halogens is 1. The third-order valence-electron chi connectivity index (χ3n) is 7.42. The summed E-state index contributed by atoms with van der Waals surface area (Å²) in [6.07, 6.45) is 6.02. The molecule has 0 radical (unpaired) electrons. The highest BCUT2D eigenvalue weighted by molar-refractivity contribution is 6.30. The summed E-state index contributed by atoms with van der Waals surface area (Å²) in [7, 11) is 4.33. The number of imidazole rings is 1. The van der Waals surface area contributed by atoms with Crippen LogP contribution in [0.15, 0.2) is 41.3 Å². The number of ether oxygens (including phenoxy) is 1. The zero-order valence-electron chi connectivity index (χ0n) is 24.0. The van der Waals surface area contributed by atoms with Gasteiger partial charge in [0, 0.05) is 50.0 Å². The molecule has 0 saturated carbocycles. The monoisotopic (exact) mass is 584 g/mol. The van der Waals surface area contributed by atoms with Gasteiger partial charge in [-0.25, -0.2) is 4.98 Å². The molecule has 0 unspecified atom stereocenters. The lowest BCUT2D eigenvalue weighted by Gasteiger charge is -2.31. The maximum Gasteiger partial charge on any atom is 0.325 e. The number of aromatic nitrogens is 3. The standard InChI is InChI=1S/C29H37ClN6O5/c1-5-6-7-14-35-24(16-25(37)36-17-22(31-29(35)36)20-10-12-21(30)13-11-20)34-15-8-9-23(34)28(40)33(3)18-26(38)32(2)19-27(39)41-4/h10-13,16-17,23H,5-9,14-15,18-19H2,1-4H3/t23-/m0/s1. The average Bonchev–Trinajstić information content (AvgIpc) is 3.62. The van der Waals surface area contributed by atoms with Crippen molar-refractivity contribution in [2.24, 2.45) is 0 Å². The number of nitrogens with zero attached hydrogens (tertiary/aromatic N) is 6. The fraction of sp³-hybridized carbons (Fsp3) is 0.483. The second-order valence-corrected chi connectivity index (χ2v) is 10.8. The predicted molar refractivity (Wildman–Crippen MR) is 157 cm³/mol. The molecular formula is C29H37ClN6O5. The molecule has 3 heterocycles. The van der Waals surface area contributed by atoms with Crippen molar-refractivity contribution >= 4 is 41.0 Å². The lowest BCUT2D eigenvalue weighted by atomic mass is 10.2. The van der Waals surface area contributed by atoms with Gasteiger partial charge in [-0.1, -0.05) is 43.5 Å². The number of aryl methyl sites for hydroxylation is 1. The third kappa shape index (κ3) is 6.73. The summed E-state index contributed by atoms with van der Waals surface area (Å²) in [5.74, 6) is 0.0251. The fourth-order valence-corrected chi connectivity index (χ4v) is 5.24. The molecule has 1 fully saturated rings. The lowest BCUT2D eigenvalue weighted by Crippen LogP contribution is -2.49. The minimum atomic E-state index is -0.538. The highest BCUT2D eigenvalue weighted by Crippen LogP contribution is 2.29. The topological polar surface area (TPSA) is 109 Å². The van der Waals surface area contributed by atoms with E-state index in [1.165, 1.54) is 24.0 Å². The maximum atomic E-state index is 13.6. The summed E-state index contributed by atoms with van der Waals surface area (Å²) in [4.78, 5) is 60.6. The Morgan fingerprint density at radius 2 is 1.83 bits per heavy atom. The van der Waals surface area contributed by atoms with E-state index in [2.05, 4.69) is 11.7 Å². The normalized spacial score (nSPS) is 14.9. The number of hydrogen-bond donors (Lipinski definition) is 0. The van der Waals surface area contributed by atoms with Gasteiger partial charge in [0.2, 0.25) is 17.6 Å². The van der Waals surface area contributed by atoms with Crippen LogP contribution in [0.4, 0.5) is 5.82 Å². The molecule has 2 amide bonds. The summed E-state index contributed by atoms with van der Waals surface area (Å²) in [6, 6.07) is 8.34. The Hall–Kier alpha value is -3.86. The Morgan fingerprint density at radius 3 is 2.51 bits per heavy atom. The Kier molecular flexibility index (Phi) is 9.69. The molecule has 11 nitrogen and oxygen atoms in total. The number of carbonyl (C=O) groups is 3. The van der Waals surface area contributed by atoms with E-state index < -0.39 is 12.0 Å². The Balaban J connectivity index is 1.65. The quantitative estimate of drug-likeness (QED) is 0.252. The molecule has 4 rings (SSSR count). The Bertz CT molecular complexity index is 1470. The number of esters is 1. The van der Waals surface area contributed by atoms with E-state index in [1.807, 2.05) is 21.6 Å². The molecule has 0 bridgehead atoms. The van der Waals surface area contributed by atoms with Crippen LogP contribution in [0.3, 0.4) is 0 Å². The Morgan fingerprint density at radius 1 is 1.10 bits per heavy atom. The summed E-state index contributed by atoms with van der Waals surface area (Å²) >= 11 is 6.07. The smallest absolute Gasteiger partial charge is 0.325 e. The van der Waals surface area contributed by atoms with Crippen molar-refractivity contribution in [2.75, 3.05) is 45.7 Å². The van der Waals surface area contributed by atoms with Gasteiger partial charge < -0.3 is 19.4 Å². The third-order valence-corrected chi connectivity index (χ3v) is 7.67. The number of rotatable bonds is 11.